The number of hydrogen-bond donors (Lipinski definition) is 1. The van der Waals surface area contributed by atoms with Gasteiger partial charge in [-0.15, -0.1) is 0 Å². The zero-order valence-electron chi connectivity index (χ0n) is 12.3. The number of hydrogen-bond acceptors (Lipinski definition) is 2. The van der Waals surface area contributed by atoms with Gasteiger partial charge in [0.05, 0.1) is 5.56 Å². The van der Waals surface area contributed by atoms with Gasteiger partial charge in [-0.2, -0.15) is 0 Å². The molecule has 0 saturated carbocycles. The van der Waals surface area contributed by atoms with E-state index < -0.39 is 11.7 Å². The molecule has 5 heteroatoms. The van der Waals surface area contributed by atoms with Crippen molar-refractivity contribution in [2.75, 3.05) is 5.32 Å². The van der Waals surface area contributed by atoms with E-state index in [1.807, 2.05) is 30.3 Å². The van der Waals surface area contributed by atoms with Crippen LogP contribution in [-0.2, 0) is 0 Å². The number of furan rings is 1. The van der Waals surface area contributed by atoms with Crippen LogP contribution in [0, 0.1) is 5.82 Å². The summed E-state index contributed by atoms with van der Waals surface area (Å²) < 4.78 is 19.6. The van der Waals surface area contributed by atoms with Gasteiger partial charge in [0.25, 0.3) is 5.91 Å². The van der Waals surface area contributed by atoms with E-state index in [1.165, 1.54) is 12.1 Å². The van der Waals surface area contributed by atoms with E-state index in [2.05, 4.69) is 5.32 Å². The van der Waals surface area contributed by atoms with Gasteiger partial charge in [0, 0.05) is 27.5 Å². The molecular formula is C19H11ClFNO2. The zero-order valence-corrected chi connectivity index (χ0v) is 13.1. The Balaban J connectivity index is 1.69. The maximum absolute atomic E-state index is 13.8. The van der Waals surface area contributed by atoms with E-state index in [-0.39, 0.29) is 10.6 Å². The molecule has 3 nitrogen and oxygen atoms in total. The number of para-hydroxylation sites is 1. The van der Waals surface area contributed by atoms with Crippen molar-refractivity contribution in [3.05, 3.63) is 77.1 Å². The van der Waals surface area contributed by atoms with Crippen molar-refractivity contribution in [3.8, 4) is 0 Å². The van der Waals surface area contributed by atoms with Gasteiger partial charge >= 0.3 is 0 Å². The minimum absolute atomic E-state index is 0.0656. The summed E-state index contributed by atoms with van der Waals surface area (Å²) in [7, 11) is 0. The summed E-state index contributed by atoms with van der Waals surface area (Å²) in [5, 5.41) is 4.88. The molecule has 0 aliphatic heterocycles. The molecule has 4 aromatic rings. The second kappa shape index (κ2) is 5.65. The monoisotopic (exact) mass is 339 g/mol. The minimum Gasteiger partial charge on any atom is -0.456 e. The SMILES string of the molecule is O=C(Nc1ccc2c(c1)oc1ccccc12)c1ccc(Cl)cc1F. The van der Waals surface area contributed by atoms with Gasteiger partial charge in [0.2, 0.25) is 0 Å². The van der Waals surface area contributed by atoms with Gasteiger partial charge in [-0.3, -0.25) is 4.79 Å². The highest BCUT2D eigenvalue weighted by atomic mass is 35.5. The molecule has 4 rings (SSSR count). The molecule has 0 saturated heterocycles. The molecule has 3 aromatic carbocycles. The van der Waals surface area contributed by atoms with Crippen LogP contribution in [0.2, 0.25) is 5.02 Å². The topological polar surface area (TPSA) is 42.2 Å². The Morgan fingerprint density at radius 3 is 2.58 bits per heavy atom. The lowest BCUT2D eigenvalue weighted by Crippen LogP contribution is -2.13. The Labute approximate surface area is 141 Å². The second-order valence-electron chi connectivity index (χ2n) is 5.39. The second-order valence-corrected chi connectivity index (χ2v) is 5.82. The number of halogens is 2. The van der Waals surface area contributed by atoms with Gasteiger partial charge < -0.3 is 9.73 Å². The first-order valence-corrected chi connectivity index (χ1v) is 7.67. The zero-order chi connectivity index (χ0) is 16.7. The number of fused-ring (bicyclic) bond motifs is 3. The van der Waals surface area contributed by atoms with E-state index in [4.69, 9.17) is 16.0 Å². The summed E-state index contributed by atoms with van der Waals surface area (Å²) in [6.07, 6.45) is 0. The maximum Gasteiger partial charge on any atom is 0.258 e. The lowest BCUT2D eigenvalue weighted by Gasteiger charge is -2.06. The lowest BCUT2D eigenvalue weighted by atomic mass is 10.1. The molecule has 0 bridgehead atoms. The van der Waals surface area contributed by atoms with E-state index in [0.29, 0.717) is 11.3 Å². The standard InChI is InChI=1S/C19H11ClFNO2/c20-11-5-7-15(16(21)9-11)19(23)22-12-6-8-14-13-3-1-2-4-17(13)24-18(14)10-12/h1-10H,(H,22,23). The van der Waals surface area contributed by atoms with E-state index in [1.54, 1.807) is 12.1 Å². The highest BCUT2D eigenvalue weighted by Gasteiger charge is 2.13. The van der Waals surface area contributed by atoms with Gasteiger partial charge in [-0.25, -0.2) is 4.39 Å². The fourth-order valence-corrected chi connectivity index (χ4v) is 2.83. The Kier molecular flexibility index (Phi) is 3.47. The van der Waals surface area contributed by atoms with Gasteiger partial charge in [0.15, 0.2) is 0 Å². The number of carbonyl (C=O) groups excluding carboxylic acids is 1. The van der Waals surface area contributed by atoms with Crippen LogP contribution in [0.1, 0.15) is 10.4 Å². The first-order valence-electron chi connectivity index (χ1n) is 7.29. The Bertz CT molecular complexity index is 1090. The molecule has 0 atom stereocenters. The van der Waals surface area contributed by atoms with E-state index in [9.17, 15) is 9.18 Å². The third-order valence-electron chi connectivity index (χ3n) is 3.81. The molecule has 1 N–H and O–H groups in total. The molecule has 0 radical (unpaired) electrons. The summed E-state index contributed by atoms with van der Waals surface area (Å²) in [6.45, 7) is 0. The predicted octanol–water partition coefficient (Wildman–Crippen LogP) is 5.63. The first-order chi connectivity index (χ1) is 11.6. The third-order valence-corrected chi connectivity index (χ3v) is 4.05. The molecule has 0 aliphatic rings. The van der Waals surface area contributed by atoms with Crippen LogP contribution in [0.15, 0.2) is 65.1 Å². The van der Waals surface area contributed by atoms with Crippen LogP contribution < -0.4 is 5.32 Å². The molecule has 24 heavy (non-hydrogen) atoms. The molecule has 0 aliphatic carbocycles. The highest BCUT2D eigenvalue weighted by molar-refractivity contribution is 6.30. The largest absolute Gasteiger partial charge is 0.456 e. The number of anilines is 1. The van der Waals surface area contributed by atoms with Gasteiger partial charge in [-0.1, -0.05) is 29.8 Å². The summed E-state index contributed by atoms with van der Waals surface area (Å²) >= 11 is 5.70. The minimum atomic E-state index is -0.662. The van der Waals surface area contributed by atoms with Crippen molar-refractivity contribution in [3.63, 3.8) is 0 Å². The van der Waals surface area contributed by atoms with Crippen LogP contribution in [0.5, 0.6) is 0 Å². The van der Waals surface area contributed by atoms with Crippen molar-refractivity contribution in [1.29, 1.82) is 0 Å². The van der Waals surface area contributed by atoms with Gasteiger partial charge in [-0.05, 0) is 36.4 Å². The van der Waals surface area contributed by atoms with Crippen LogP contribution in [-0.4, -0.2) is 5.91 Å². The lowest BCUT2D eigenvalue weighted by molar-refractivity contribution is 0.102. The molecule has 0 fully saturated rings. The summed E-state index contributed by atoms with van der Waals surface area (Å²) in [4.78, 5) is 12.2. The smallest absolute Gasteiger partial charge is 0.258 e. The quantitative estimate of drug-likeness (QED) is 0.514. The first kappa shape index (κ1) is 14.7. The third kappa shape index (κ3) is 2.51. The van der Waals surface area contributed by atoms with E-state index in [0.717, 1.165) is 22.4 Å². The summed E-state index contributed by atoms with van der Waals surface area (Å²) in [6, 6.07) is 17.0. The van der Waals surface area contributed by atoms with Crippen LogP contribution >= 0.6 is 11.6 Å². The number of rotatable bonds is 2. The highest BCUT2D eigenvalue weighted by Crippen LogP contribution is 2.30. The fourth-order valence-electron chi connectivity index (χ4n) is 2.68. The van der Waals surface area contributed by atoms with Gasteiger partial charge in [0.1, 0.15) is 17.0 Å². The van der Waals surface area contributed by atoms with E-state index >= 15 is 0 Å². The average Bonchev–Trinajstić information content (AvgIpc) is 2.92. The predicted molar refractivity (Wildman–Crippen MR) is 93.1 cm³/mol. The molecule has 0 unspecified atom stereocenters. The Morgan fingerprint density at radius 2 is 1.75 bits per heavy atom. The number of amides is 1. The fraction of sp³-hybridized carbons (Fsp3) is 0. The van der Waals surface area contributed by atoms with Crippen molar-refractivity contribution in [2.24, 2.45) is 0 Å². The molecule has 1 aromatic heterocycles. The molecule has 118 valence electrons. The Hall–Kier alpha value is -2.85. The summed E-state index contributed by atoms with van der Waals surface area (Å²) in [5.74, 6) is -1.20. The Morgan fingerprint density at radius 1 is 0.958 bits per heavy atom. The average molecular weight is 340 g/mol. The number of carbonyl (C=O) groups is 1. The maximum atomic E-state index is 13.8. The van der Waals surface area contributed by atoms with Crippen LogP contribution in [0.4, 0.5) is 10.1 Å². The molecular weight excluding hydrogens is 329 g/mol. The number of benzene rings is 3. The number of nitrogens with one attached hydrogen (secondary N) is 1. The summed E-state index contributed by atoms with van der Waals surface area (Å²) in [5.41, 5.74) is 1.90. The van der Waals surface area contributed by atoms with Crippen molar-refractivity contribution < 1.29 is 13.6 Å². The van der Waals surface area contributed by atoms with Crippen molar-refractivity contribution >= 4 is 45.1 Å². The van der Waals surface area contributed by atoms with Crippen molar-refractivity contribution in [1.82, 2.24) is 0 Å². The van der Waals surface area contributed by atoms with Crippen LogP contribution in [0.25, 0.3) is 21.9 Å². The molecule has 1 amide bonds. The van der Waals surface area contributed by atoms with Crippen molar-refractivity contribution in [2.45, 2.75) is 0 Å². The van der Waals surface area contributed by atoms with Crippen LogP contribution in [0.3, 0.4) is 0 Å². The molecule has 0 spiro atoms. The molecule has 1 heterocycles. The normalized spacial score (nSPS) is 11.1.